The summed E-state index contributed by atoms with van der Waals surface area (Å²) in [5.74, 6) is 0.268. The number of hydrogen-bond donors (Lipinski definition) is 2. The number of nitrogens with zero attached hydrogens (tertiary/aromatic N) is 1. The third-order valence-corrected chi connectivity index (χ3v) is 4.23. The molecule has 1 amide bonds. The number of halogens is 1. The molecular weight excluding hydrogens is 333 g/mol. The van der Waals surface area contributed by atoms with Gasteiger partial charge in [-0.05, 0) is 54.4 Å². The average Bonchev–Trinajstić information content (AvgIpc) is 3.12. The minimum Gasteiger partial charge on any atom is -0.497 e. The summed E-state index contributed by atoms with van der Waals surface area (Å²) < 4.78 is 18.5. The highest BCUT2D eigenvalue weighted by Crippen LogP contribution is 2.23. The van der Waals surface area contributed by atoms with Crippen LogP contribution < -0.4 is 10.1 Å². The monoisotopic (exact) mass is 353 g/mol. The van der Waals surface area contributed by atoms with Gasteiger partial charge in [0.1, 0.15) is 11.6 Å². The molecular formula is C20H20FN3O2. The highest BCUT2D eigenvalue weighted by Gasteiger charge is 2.11. The summed E-state index contributed by atoms with van der Waals surface area (Å²) in [5.41, 5.74) is 4.25. The van der Waals surface area contributed by atoms with Crippen LogP contribution in [0.4, 0.5) is 4.39 Å². The van der Waals surface area contributed by atoms with Crippen LogP contribution in [0.15, 0.2) is 48.7 Å². The third-order valence-electron chi connectivity index (χ3n) is 4.23. The van der Waals surface area contributed by atoms with Crippen LogP contribution in [0.5, 0.6) is 5.75 Å². The first-order valence-corrected chi connectivity index (χ1v) is 8.25. The van der Waals surface area contributed by atoms with Crippen LogP contribution in [-0.4, -0.2) is 23.2 Å². The maximum absolute atomic E-state index is 13.3. The number of aromatic nitrogens is 2. The van der Waals surface area contributed by atoms with Crippen molar-refractivity contribution in [2.75, 3.05) is 7.11 Å². The van der Waals surface area contributed by atoms with Gasteiger partial charge in [0.15, 0.2) is 0 Å². The second-order valence-electron chi connectivity index (χ2n) is 6.02. The summed E-state index contributed by atoms with van der Waals surface area (Å²) in [5, 5.41) is 9.90. The zero-order valence-corrected chi connectivity index (χ0v) is 14.7. The fourth-order valence-corrected chi connectivity index (χ4v) is 2.71. The molecule has 0 saturated heterocycles. The zero-order valence-electron chi connectivity index (χ0n) is 14.7. The Balaban J connectivity index is 1.66. The van der Waals surface area contributed by atoms with Crippen molar-refractivity contribution in [3.63, 3.8) is 0 Å². The van der Waals surface area contributed by atoms with Gasteiger partial charge in [0, 0.05) is 17.7 Å². The molecule has 2 N–H and O–H groups in total. The molecule has 3 rings (SSSR count). The first kappa shape index (κ1) is 17.7. The summed E-state index contributed by atoms with van der Waals surface area (Å²) >= 11 is 0. The lowest BCUT2D eigenvalue weighted by atomic mass is 10.0. The SMILES string of the molecule is COc1ccc(-c2[nH]ncc2CNC(=O)Cc2cc(F)ccc2C)cc1. The van der Waals surface area contributed by atoms with Crippen molar-refractivity contribution in [1.82, 2.24) is 15.5 Å². The van der Waals surface area contributed by atoms with Gasteiger partial charge in [-0.25, -0.2) is 4.39 Å². The molecule has 0 unspecified atom stereocenters. The number of amides is 1. The number of carbonyl (C=O) groups excluding carboxylic acids is 1. The highest BCUT2D eigenvalue weighted by molar-refractivity contribution is 5.79. The molecule has 6 heteroatoms. The van der Waals surface area contributed by atoms with Gasteiger partial charge in [0.2, 0.25) is 5.91 Å². The van der Waals surface area contributed by atoms with E-state index < -0.39 is 0 Å². The molecule has 134 valence electrons. The van der Waals surface area contributed by atoms with Crippen molar-refractivity contribution in [2.45, 2.75) is 19.9 Å². The van der Waals surface area contributed by atoms with E-state index in [1.165, 1.54) is 12.1 Å². The van der Waals surface area contributed by atoms with Gasteiger partial charge >= 0.3 is 0 Å². The van der Waals surface area contributed by atoms with E-state index in [4.69, 9.17) is 4.74 Å². The Hall–Kier alpha value is -3.15. The number of benzene rings is 2. The molecule has 0 aliphatic heterocycles. The average molecular weight is 353 g/mol. The topological polar surface area (TPSA) is 67.0 Å². The van der Waals surface area contributed by atoms with Crippen molar-refractivity contribution in [3.05, 3.63) is 71.2 Å². The van der Waals surface area contributed by atoms with Gasteiger partial charge in [0.25, 0.3) is 0 Å². The van der Waals surface area contributed by atoms with Crippen molar-refractivity contribution in [1.29, 1.82) is 0 Å². The Labute approximate surface area is 151 Å². The van der Waals surface area contributed by atoms with Gasteiger partial charge in [-0.15, -0.1) is 0 Å². The second kappa shape index (κ2) is 7.82. The molecule has 0 saturated carbocycles. The molecule has 0 bridgehead atoms. The Morgan fingerprint density at radius 2 is 1.96 bits per heavy atom. The Morgan fingerprint density at radius 1 is 1.19 bits per heavy atom. The second-order valence-corrected chi connectivity index (χ2v) is 6.02. The first-order chi connectivity index (χ1) is 12.6. The molecule has 3 aromatic rings. The number of aromatic amines is 1. The van der Waals surface area contributed by atoms with E-state index in [9.17, 15) is 9.18 Å². The number of rotatable bonds is 6. The quantitative estimate of drug-likeness (QED) is 0.714. The van der Waals surface area contributed by atoms with Crippen LogP contribution in [0.1, 0.15) is 16.7 Å². The lowest BCUT2D eigenvalue weighted by molar-refractivity contribution is -0.120. The standard InChI is InChI=1S/C20H20FN3O2/c1-13-3-6-17(21)9-15(13)10-19(25)22-11-16-12-23-24-20(16)14-4-7-18(26-2)8-5-14/h3-9,12H,10-11H2,1-2H3,(H,22,25)(H,23,24). The van der Waals surface area contributed by atoms with Crippen molar-refractivity contribution < 1.29 is 13.9 Å². The summed E-state index contributed by atoms with van der Waals surface area (Å²) in [4.78, 5) is 12.2. The van der Waals surface area contributed by atoms with Crippen molar-refractivity contribution >= 4 is 5.91 Å². The molecule has 5 nitrogen and oxygen atoms in total. The summed E-state index contributed by atoms with van der Waals surface area (Å²) in [6, 6.07) is 12.0. The van der Waals surface area contributed by atoms with Crippen molar-refractivity contribution in [2.24, 2.45) is 0 Å². The molecule has 26 heavy (non-hydrogen) atoms. The van der Waals surface area contributed by atoms with Crippen molar-refractivity contribution in [3.8, 4) is 17.0 Å². The molecule has 0 spiro atoms. The number of hydrogen-bond acceptors (Lipinski definition) is 3. The first-order valence-electron chi connectivity index (χ1n) is 8.25. The maximum atomic E-state index is 13.3. The summed E-state index contributed by atoms with van der Waals surface area (Å²) in [7, 11) is 1.62. The van der Waals surface area contributed by atoms with E-state index in [1.807, 2.05) is 31.2 Å². The number of H-pyrrole nitrogens is 1. The van der Waals surface area contributed by atoms with E-state index in [-0.39, 0.29) is 18.1 Å². The fraction of sp³-hybridized carbons (Fsp3) is 0.200. The summed E-state index contributed by atoms with van der Waals surface area (Å²) in [6.45, 7) is 2.20. The minimum absolute atomic E-state index is 0.138. The lowest BCUT2D eigenvalue weighted by Crippen LogP contribution is -2.25. The number of methoxy groups -OCH3 is 1. The van der Waals surface area contributed by atoms with Crippen LogP contribution in [-0.2, 0) is 17.8 Å². The number of ether oxygens (including phenoxy) is 1. The molecule has 1 aromatic heterocycles. The molecule has 1 heterocycles. The van der Waals surface area contributed by atoms with Gasteiger partial charge in [-0.3, -0.25) is 9.89 Å². The van der Waals surface area contributed by atoms with Crippen LogP contribution in [0.2, 0.25) is 0 Å². The predicted molar refractivity (Wildman–Crippen MR) is 97.3 cm³/mol. The Morgan fingerprint density at radius 3 is 2.69 bits per heavy atom. The molecule has 2 aromatic carbocycles. The number of nitrogens with one attached hydrogen (secondary N) is 2. The van der Waals surface area contributed by atoms with Gasteiger partial charge in [0.05, 0.1) is 25.4 Å². The lowest BCUT2D eigenvalue weighted by Gasteiger charge is -2.08. The van der Waals surface area contributed by atoms with Crippen LogP contribution in [0.25, 0.3) is 11.3 Å². The Kier molecular flexibility index (Phi) is 5.31. The molecule has 0 radical (unpaired) electrons. The third kappa shape index (κ3) is 4.08. The largest absolute Gasteiger partial charge is 0.497 e. The maximum Gasteiger partial charge on any atom is 0.224 e. The predicted octanol–water partition coefficient (Wildman–Crippen LogP) is 3.39. The molecule has 0 fully saturated rings. The van der Waals surface area contributed by atoms with E-state index in [0.717, 1.165) is 28.1 Å². The summed E-state index contributed by atoms with van der Waals surface area (Å²) in [6.07, 6.45) is 1.83. The number of aryl methyl sites for hydroxylation is 1. The fourth-order valence-electron chi connectivity index (χ4n) is 2.71. The van der Waals surface area contributed by atoms with Gasteiger partial charge < -0.3 is 10.1 Å². The molecule has 0 aliphatic rings. The van der Waals surface area contributed by atoms with Crippen LogP contribution in [0.3, 0.4) is 0 Å². The smallest absolute Gasteiger partial charge is 0.224 e. The van der Waals surface area contributed by atoms with E-state index in [1.54, 1.807) is 19.4 Å². The Bertz CT molecular complexity index is 904. The highest BCUT2D eigenvalue weighted by atomic mass is 19.1. The minimum atomic E-state index is -0.338. The molecule has 0 aliphatic carbocycles. The molecule has 0 atom stereocenters. The van der Waals surface area contributed by atoms with E-state index >= 15 is 0 Å². The van der Waals surface area contributed by atoms with Gasteiger partial charge in [-0.2, -0.15) is 5.10 Å². The van der Waals surface area contributed by atoms with Gasteiger partial charge in [-0.1, -0.05) is 6.07 Å². The van der Waals surface area contributed by atoms with E-state index in [0.29, 0.717) is 12.1 Å². The normalized spacial score (nSPS) is 10.6. The van der Waals surface area contributed by atoms with Crippen LogP contribution >= 0.6 is 0 Å². The van der Waals surface area contributed by atoms with E-state index in [2.05, 4.69) is 15.5 Å². The number of carbonyl (C=O) groups is 1. The van der Waals surface area contributed by atoms with Crippen LogP contribution in [0, 0.1) is 12.7 Å². The zero-order chi connectivity index (χ0) is 18.5.